The number of para-hydroxylation sites is 1. The highest BCUT2D eigenvalue weighted by Gasteiger charge is 2.20. The average Bonchev–Trinajstić information content (AvgIpc) is 3.01. The van der Waals surface area contributed by atoms with Gasteiger partial charge in [-0.3, -0.25) is 4.72 Å². The van der Waals surface area contributed by atoms with E-state index in [1.807, 2.05) is 0 Å². The van der Waals surface area contributed by atoms with E-state index in [2.05, 4.69) is 14.8 Å². The lowest BCUT2D eigenvalue weighted by atomic mass is 10.2. The summed E-state index contributed by atoms with van der Waals surface area (Å²) in [7, 11) is -4.09. The van der Waals surface area contributed by atoms with Crippen molar-refractivity contribution >= 4 is 27.3 Å². The first-order valence-corrected chi connectivity index (χ1v) is 8.70. The van der Waals surface area contributed by atoms with Crippen LogP contribution in [0.3, 0.4) is 0 Å². The van der Waals surface area contributed by atoms with Crippen LogP contribution in [0.15, 0.2) is 60.0 Å². The quantitative estimate of drug-likeness (QED) is 0.753. The molecule has 6 nitrogen and oxygen atoms in total. The Bertz CT molecular complexity index is 961. The minimum atomic E-state index is -4.09. The summed E-state index contributed by atoms with van der Waals surface area (Å²) in [6.45, 7) is 0.321. The molecular formula is C15H12ClFN4O2S. The second kappa shape index (κ2) is 6.58. The second-order valence-corrected chi connectivity index (χ2v) is 7.02. The number of nitrogens with one attached hydrogen (secondary N) is 1. The van der Waals surface area contributed by atoms with E-state index >= 15 is 0 Å². The van der Waals surface area contributed by atoms with Gasteiger partial charge >= 0.3 is 0 Å². The van der Waals surface area contributed by atoms with E-state index in [4.69, 9.17) is 11.6 Å². The Labute approximate surface area is 143 Å². The van der Waals surface area contributed by atoms with Crippen molar-refractivity contribution in [1.82, 2.24) is 14.8 Å². The Morgan fingerprint density at radius 1 is 1.21 bits per heavy atom. The van der Waals surface area contributed by atoms with Crippen LogP contribution < -0.4 is 4.72 Å². The molecule has 3 rings (SSSR count). The summed E-state index contributed by atoms with van der Waals surface area (Å²) in [6.07, 6.45) is 2.90. The van der Waals surface area contributed by atoms with Crippen LogP contribution in [-0.2, 0) is 16.6 Å². The maximum Gasteiger partial charge on any atom is 0.264 e. The lowest BCUT2D eigenvalue weighted by molar-refractivity contribution is 0.570. The Kier molecular flexibility index (Phi) is 4.50. The van der Waals surface area contributed by atoms with E-state index in [0.717, 1.165) is 12.1 Å². The van der Waals surface area contributed by atoms with Crippen molar-refractivity contribution in [2.45, 2.75) is 11.4 Å². The van der Waals surface area contributed by atoms with E-state index < -0.39 is 20.7 Å². The summed E-state index contributed by atoms with van der Waals surface area (Å²) in [5, 5.41) is 4.11. The second-order valence-electron chi connectivity index (χ2n) is 4.93. The Balaban J connectivity index is 1.93. The van der Waals surface area contributed by atoms with Crippen molar-refractivity contribution in [3.8, 4) is 0 Å². The van der Waals surface area contributed by atoms with E-state index in [-0.39, 0.29) is 5.02 Å². The number of halogens is 2. The molecule has 24 heavy (non-hydrogen) atoms. The number of rotatable bonds is 5. The average molecular weight is 367 g/mol. The lowest BCUT2D eigenvalue weighted by Gasteiger charge is -2.13. The third kappa shape index (κ3) is 3.55. The first kappa shape index (κ1) is 16.4. The van der Waals surface area contributed by atoms with Gasteiger partial charge in [0.2, 0.25) is 0 Å². The summed E-state index contributed by atoms with van der Waals surface area (Å²) in [4.78, 5) is 3.37. The summed E-state index contributed by atoms with van der Waals surface area (Å²) in [6, 6.07) is 10.2. The van der Waals surface area contributed by atoms with Crippen LogP contribution in [0.2, 0.25) is 5.02 Å². The fourth-order valence-electron chi connectivity index (χ4n) is 2.14. The fourth-order valence-corrected chi connectivity index (χ4v) is 3.46. The first-order chi connectivity index (χ1) is 11.5. The van der Waals surface area contributed by atoms with Crippen LogP contribution >= 0.6 is 11.6 Å². The van der Waals surface area contributed by atoms with Gasteiger partial charge in [0.15, 0.2) is 0 Å². The third-order valence-corrected chi connectivity index (χ3v) is 4.88. The van der Waals surface area contributed by atoms with Gasteiger partial charge in [0.05, 0.1) is 12.2 Å². The summed E-state index contributed by atoms with van der Waals surface area (Å²) in [5.41, 5.74) is 1.00. The zero-order valence-corrected chi connectivity index (χ0v) is 13.8. The highest BCUT2D eigenvalue weighted by molar-refractivity contribution is 7.92. The van der Waals surface area contributed by atoms with Gasteiger partial charge in [-0.15, -0.1) is 0 Å². The fraction of sp³-hybridized carbons (Fsp3) is 0.0667. The molecule has 2 aromatic carbocycles. The van der Waals surface area contributed by atoms with Crippen molar-refractivity contribution in [2.75, 3.05) is 4.72 Å². The van der Waals surface area contributed by atoms with E-state index in [0.29, 0.717) is 17.8 Å². The topological polar surface area (TPSA) is 76.9 Å². The van der Waals surface area contributed by atoms with Crippen molar-refractivity contribution in [3.63, 3.8) is 0 Å². The molecule has 1 N–H and O–H groups in total. The monoisotopic (exact) mass is 366 g/mol. The van der Waals surface area contributed by atoms with Crippen LogP contribution in [0.5, 0.6) is 0 Å². The first-order valence-electron chi connectivity index (χ1n) is 6.84. The molecule has 124 valence electrons. The molecule has 9 heteroatoms. The van der Waals surface area contributed by atoms with E-state index in [9.17, 15) is 12.8 Å². The van der Waals surface area contributed by atoms with Gasteiger partial charge in [-0.05, 0) is 29.8 Å². The zero-order chi connectivity index (χ0) is 17.2. The number of anilines is 1. The molecule has 0 aliphatic carbocycles. The maximum atomic E-state index is 13.9. The van der Waals surface area contributed by atoms with Gasteiger partial charge < -0.3 is 0 Å². The largest absolute Gasteiger partial charge is 0.279 e. The molecule has 0 bridgehead atoms. The van der Waals surface area contributed by atoms with Crippen molar-refractivity contribution < 1.29 is 12.8 Å². The summed E-state index contributed by atoms with van der Waals surface area (Å²) < 4.78 is 42.8. The number of hydrogen-bond donors (Lipinski definition) is 1. The summed E-state index contributed by atoms with van der Waals surface area (Å²) in [5.74, 6) is -0.913. The van der Waals surface area contributed by atoms with E-state index in [1.54, 1.807) is 28.9 Å². The molecule has 1 aromatic heterocycles. The molecule has 0 fully saturated rings. The third-order valence-electron chi connectivity index (χ3n) is 3.24. The molecule has 0 unspecified atom stereocenters. The van der Waals surface area contributed by atoms with Gasteiger partial charge in [-0.25, -0.2) is 22.5 Å². The molecule has 0 saturated carbocycles. The molecule has 0 aliphatic rings. The maximum absolute atomic E-state index is 13.9. The van der Waals surface area contributed by atoms with Gasteiger partial charge in [-0.2, -0.15) is 5.10 Å². The van der Waals surface area contributed by atoms with Crippen molar-refractivity contribution in [3.05, 3.63) is 71.5 Å². The minimum Gasteiger partial charge on any atom is -0.279 e. The van der Waals surface area contributed by atoms with Gasteiger partial charge in [0.1, 0.15) is 23.4 Å². The van der Waals surface area contributed by atoms with Crippen LogP contribution in [0.4, 0.5) is 10.1 Å². The standard InChI is InChI=1S/C15H12ClFN4O2S/c16-12-5-6-15(13(17)7-12)24(22,23)20-14-4-2-1-3-11(14)8-21-10-18-9-19-21/h1-7,9-10,20H,8H2. The van der Waals surface area contributed by atoms with Gasteiger partial charge in [-0.1, -0.05) is 29.8 Å². The lowest BCUT2D eigenvalue weighted by Crippen LogP contribution is -2.16. The summed E-state index contributed by atoms with van der Waals surface area (Å²) >= 11 is 5.66. The van der Waals surface area contributed by atoms with Crippen LogP contribution in [0.25, 0.3) is 0 Å². The van der Waals surface area contributed by atoms with Gasteiger partial charge in [0, 0.05) is 5.02 Å². The predicted octanol–water partition coefficient (Wildman–Crippen LogP) is 2.92. The number of hydrogen-bond acceptors (Lipinski definition) is 4. The van der Waals surface area contributed by atoms with Crippen molar-refractivity contribution in [1.29, 1.82) is 0 Å². The smallest absolute Gasteiger partial charge is 0.264 e. The van der Waals surface area contributed by atoms with Crippen LogP contribution in [-0.4, -0.2) is 23.2 Å². The van der Waals surface area contributed by atoms with Crippen molar-refractivity contribution in [2.24, 2.45) is 0 Å². The molecule has 1 heterocycles. The molecule has 0 atom stereocenters. The molecule has 0 aliphatic heterocycles. The molecule has 0 radical (unpaired) electrons. The van der Waals surface area contributed by atoms with Crippen LogP contribution in [0, 0.1) is 5.82 Å². The van der Waals surface area contributed by atoms with E-state index in [1.165, 1.54) is 18.7 Å². The number of nitrogens with zero attached hydrogens (tertiary/aromatic N) is 3. The Morgan fingerprint density at radius 2 is 2.00 bits per heavy atom. The van der Waals surface area contributed by atoms with Crippen LogP contribution in [0.1, 0.15) is 5.56 Å². The zero-order valence-electron chi connectivity index (χ0n) is 12.2. The number of aromatic nitrogens is 3. The SMILES string of the molecule is O=S(=O)(Nc1ccccc1Cn1cncn1)c1ccc(Cl)cc1F. The molecular weight excluding hydrogens is 355 g/mol. The Hall–Kier alpha value is -2.45. The Morgan fingerprint density at radius 3 is 2.71 bits per heavy atom. The molecule has 0 amide bonds. The molecule has 0 spiro atoms. The highest BCUT2D eigenvalue weighted by Crippen LogP contribution is 2.24. The normalized spacial score (nSPS) is 11.4. The minimum absolute atomic E-state index is 0.123. The predicted molar refractivity (Wildman–Crippen MR) is 87.8 cm³/mol. The highest BCUT2D eigenvalue weighted by atomic mass is 35.5. The molecule has 3 aromatic rings. The van der Waals surface area contributed by atoms with Gasteiger partial charge in [0.25, 0.3) is 10.0 Å². The number of sulfonamides is 1. The number of benzene rings is 2. The molecule has 0 saturated heterocycles.